The second kappa shape index (κ2) is 6.61. The van der Waals surface area contributed by atoms with E-state index in [0.717, 1.165) is 30.5 Å². The van der Waals surface area contributed by atoms with E-state index in [4.69, 9.17) is 5.26 Å². The Kier molecular flexibility index (Phi) is 5.15. The van der Waals surface area contributed by atoms with Gasteiger partial charge in [-0.25, -0.2) is 4.79 Å². The first-order valence-electron chi connectivity index (χ1n) is 5.59. The fraction of sp³-hybridized carbons (Fsp3) is 0.231. The molecule has 0 aromatic heterocycles. The first-order chi connectivity index (χ1) is 9.38. The van der Waals surface area contributed by atoms with Gasteiger partial charge in [-0.2, -0.15) is 18.4 Å². The molecular formula is C13H11F3N2O2. The molecule has 0 heterocycles. The van der Waals surface area contributed by atoms with Gasteiger partial charge in [-0.3, -0.25) is 5.32 Å². The maximum absolute atomic E-state index is 12.4. The lowest BCUT2D eigenvalue weighted by atomic mass is 10.1. The lowest BCUT2D eigenvalue weighted by Crippen LogP contribution is -2.18. The van der Waals surface area contributed by atoms with Crippen molar-refractivity contribution < 1.29 is 22.7 Å². The number of hydrogen-bond acceptors (Lipinski definition) is 3. The van der Waals surface area contributed by atoms with Gasteiger partial charge in [0.25, 0.3) is 0 Å². The monoisotopic (exact) mass is 284 g/mol. The molecule has 0 spiro atoms. The summed E-state index contributed by atoms with van der Waals surface area (Å²) >= 11 is 0. The number of allylic oxidation sites excluding steroid dienone is 1. The Hall–Kier alpha value is -2.49. The second-order valence-electron chi connectivity index (χ2n) is 3.61. The average Bonchev–Trinajstić information content (AvgIpc) is 2.39. The van der Waals surface area contributed by atoms with Crippen molar-refractivity contribution in [1.29, 1.82) is 5.26 Å². The predicted octanol–water partition coefficient (Wildman–Crippen LogP) is 3.32. The number of carbonyl (C=O) groups excluding carboxylic acids is 1. The molecule has 1 amide bonds. The molecule has 0 aliphatic rings. The van der Waals surface area contributed by atoms with Crippen LogP contribution in [0.1, 0.15) is 18.1 Å². The number of alkyl halides is 3. The zero-order valence-corrected chi connectivity index (χ0v) is 10.5. The molecule has 106 valence electrons. The lowest BCUT2D eigenvalue weighted by Gasteiger charge is -2.07. The molecule has 4 nitrogen and oxygen atoms in total. The number of nitrogens with zero attached hydrogens (tertiary/aromatic N) is 1. The first-order valence-corrected chi connectivity index (χ1v) is 5.59. The molecular weight excluding hydrogens is 273 g/mol. The van der Waals surface area contributed by atoms with Crippen LogP contribution in [0.3, 0.4) is 0 Å². The summed E-state index contributed by atoms with van der Waals surface area (Å²) in [6, 6.07) is 5.83. The smallest absolute Gasteiger partial charge is 0.416 e. The zero-order chi connectivity index (χ0) is 15.2. The van der Waals surface area contributed by atoms with Crippen LogP contribution >= 0.6 is 0 Å². The Morgan fingerprint density at radius 1 is 1.40 bits per heavy atom. The molecule has 0 atom stereocenters. The fourth-order valence-electron chi connectivity index (χ4n) is 1.32. The molecule has 20 heavy (non-hydrogen) atoms. The number of amides is 1. The maximum Gasteiger partial charge on any atom is 0.416 e. The van der Waals surface area contributed by atoms with Gasteiger partial charge in [0, 0.05) is 6.20 Å². The van der Waals surface area contributed by atoms with Gasteiger partial charge in [0.05, 0.1) is 17.7 Å². The van der Waals surface area contributed by atoms with E-state index in [1.165, 1.54) is 0 Å². The van der Waals surface area contributed by atoms with Gasteiger partial charge in [-0.05, 0) is 24.6 Å². The Labute approximate surface area is 113 Å². The van der Waals surface area contributed by atoms with E-state index in [1.54, 1.807) is 13.0 Å². The molecule has 0 unspecified atom stereocenters. The Balaban J connectivity index is 2.89. The van der Waals surface area contributed by atoms with Gasteiger partial charge in [0.15, 0.2) is 0 Å². The molecule has 1 rings (SSSR count). The van der Waals surface area contributed by atoms with E-state index in [1.807, 2.05) is 0 Å². The summed E-state index contributed by atoms with van der Waals surface area (Å²) in [4.78, 5) is 11.0. The lowest BCUT2D eigenvalue weighted by molar-refractivity contribution is -0.137. The Morgan fingerprint density at radius 3 is 2.45 bits per heavy atom. The van der Waals surface area contributed by atoms with Crippen LogP contribution in [0.2, 0.25) is 0 Å². The highest BCUT2D eigenvalue weighted by molar-refractivity contribution is 5.79. The van der Waals surface area contributed by atoms with Crippen LogP contribution in [0.5, 0.6) is 0 Å². The minimum Gasteiger partial charge on any atom is -0.450 e. The highest BCUT2D eigenvalue weighted by Crippen LogP contribution is 2.29. The molecule has 0 radical (unpaired) electrons. The van der Waals surface area contributed by atoms with E-state index < -0.39 is 17.8 Å². The van der Waals surface area contributed by atoms with Crippen molar-refractivity contribution in [2.45, 2.75) is 13.1 Å². The molecule has 0 saturated carbocycles. The Bertz CT molecular complexity index is 542. The summed E-state index contributed by atoms with van der Waals surface area (Å²) in [5.41, 5.74) is -0.527. The summed E-state index contributed by atoms with van der Waals surface area (Å²) in [6.45, 7) is 1.78. The van der Waals surface area contributed by atoms with Crippen LogP contribution in [-0.4, -0.2) is 12.7 Å². The van der Waals surface area contributed by atoms with Gasteiger partial charge < -0.3 is 4.74 Å². The van der Waals surface area contributed by atoms with Crippen molar-refractivity contribution in [3.05, 3.63) is 41.6 Å². The highest BCUT2D eigenvalue weighted by Gasteiger charge is 2.30. The van der Waals surface area contributed by atoms with Gasteiger partial charge in [0.1, 0.15) is 6.07 Å². The number of benzene rings is 1. The number of halogens is 3. The molecule has 7 heteroatoms. The van der Waals surface area contributed by atoms with Crippen molar-refractivity contribution in [2.75, 3.05) is 6.61 Å². The molecule has 0 saturated heterocycles. The van der Waals surface area contributed by atoms with E-state index in [-0.39, 0.29) is 17.7 Å². The SMILES string of the molecule is CCOC(=O)NC=C(C#N)c1ccc(C(F)(F)F)cc1. The summed E-state index contributed by atoms with van der Waals surface area (Å²) in [5, 5.41) is 11.1. The van der Waals surface area contributed by atoms with Crippen molar-refractivity contribution in [1.82, 2.24) is 5.32 Å². The van der Waals surface area contributed by atoms with Crippen molar-refractivity contribution >= 4 is 11.7 Å². The van der Waals surface area contributed by atoms with Crippen LogP contribution in [-0.2, 0) is 10.9 Å². The van der Waals surface area contributed by atoms with Crippen LogP contribution in [0.25, 0.3) is 5.57 Å². The van der Waals surface area contributed by atoms with E-state index in [9.17, 15) is 18.0 Å². The molecule has 1 aromatic rings. The van der Waals surface area contributed by atoms with Crippen LogP contribution in [0.4, 0.5) is 18.0 Å². The largest absolute Gasteiger partial charge is 0.450 e. The third-order valence-electron chi connectivity index (χ3n) is 2.25. The zero-order valence-electron chi connectivity index (χ0n) is 10.5. The van der Waals surface area contributed by atoms with Crippen LogP contribution in [0, 0.1) is 11.3 Å². The quantitative estimate of drug-likeness (QED) is 0.866. The number of ether oxygens (including phenoxy) is 1. The minimum absolute atomic E-state index is 0.0202. The molecule has 0 aliphatic carbocycles. The van der Waals surface area contributed by atoms with E-state index in [0.29, 0.717) is 0 Å². The van der Waals surface area contributed by atoms with E-state index in [2.05, 4.69) is 10.1 Å². The Morgan fingerprint density at radius 2 is 2.00 bits per heavy atom. The number of alkyl carbamates (subject to hydrolysis) is 1. The van der Waals surface area contributed by atoms with Gasteiger partial charge in [-0.1, -0.05) is 12.1 Å². The van der Waals surface area contributed by atoms with Crippen LogP contribution < -0.4 is 5.32 Å². The second-order valence-corrected chi connectivity index (χ2v) is 3.61. The predicted molar refractivity (Wildman–Crippen MR) is 65.2 cm³/mol. The first kappa shape index (κ1) is 15.6. The third-order valence-corrected chi connectivity index (χ3v) is 2.25. The number of hydrogen-bond donors (Lipinski definition) is 1. The maximum atomic E-state index is 12.4. The molecule has 0 bridgehead atoms. The summed E-state index contributed by atoms with van der Waals surface area (Å²) < 4.78 is 41.7. The van der Waals surface area contributed by atoms with Gasteiger partial charge >= 0.3 is 12.3 Å². The van der Waals surface area contributed by atoms with Crippen molar-refractivity contribution in [3.8, 4) is 6.07 Å². The minimum atomic E-state index is -4.43. The molecule has 1 N–H and O–H groups in total. The van der Waals surface area contributed by atoms with Gasteiger partial charge in [0.2, 0.25) is 0 Å². The number of nitrogens with one attached hydrogen (secondary N) is 1. The normalized spacial score (nSPS) is 11.7. The average molecular weight is 284 g/mol. The third kappa shape index (κ3) is 4.31. The highest BCUT2D eigenvalue weighted by atomic mass is 19.4. The van der Waals surface area contributed by atoms with Crippen molar-refractivity contribution in [3.63, 3.8) is 0 Å². The standard InChI is InChI=1S/C13H11F3N2O2/c1-2-20-12(19)18-8-10(7-17)9-3-5-11(6-4-9)13(14,15)16/h3-6,8H,2H2,1H3,(H,18,19). The number of rotatable bonds is 3. The van der Waals surface area contributed by atoms with E-state index >= 15 is 0 Å². The summed E-state index contributed by atoms with van der Waals surface area (Å²) in [5.74, 6) is 0. The van der Waals surface area contributed by atoms with Gasteiger partial charge in [-0.15, -0.1) is 0 Å². The van der Waals surface area contributed by atoms with Crippen LogP contribution in [0.15, 0.2) is 30.5 Å². The number of nitriles is 1. The topological polar surface area (TPSA) is 62.1 Å². The summed E-state index contributed by atoms with van der Waals surface area (Å²) in [7, 11) is 0. The van der Waals surface area contributed by atoms with Crippen molar-refractivity contribution in [2.24, 2.45) is 0 Å². The molecule has 1 aromatic carbocycles. The fourth-order valence-corrected chi connectivity index (χ4v) is 1.32. The molecule has 0 aliphatic heterocycles. The number of carbonyl (C=O) groups is 1. The molecule has 0 fully saturated rings. The summed E-state index contributed by atoms with van der Waals surface area (Å²) in [6.07, 6.45) is -4.09.